The second kappa shape index (κ2) is 6.25. The van der Waals surface area contributed by atoms with Crippen molar-refractivity contribution in [3.05, 3.63) is 35.4 Å². The maximum atomic E-state index is 11.0. The number of piperidine rings is 1. The van der Waals surface area contributed by atoms with Crippen LogP contribution in [0.15, 0.2) is 24.3 Å². The third-order valence-electron chi connectivity index (χ3n) is 5.70. The minimum Gasteiger partial charge on any atom is -0.478 e. The molecule has 3 saturated heterocycles. The summed E-state index contributed by atoms with van der Waals surface area (Å²) in [6.07, 6.45) is 5.60. The van der Waals surface area contributed by atoms with Gasteiger partial charge in [0.1, 0.15) is 0 Å². The van der Waals surface area contributed by atoms with E-state index in [1.165, 1.54) is 57.4 Å². The lowest BCUT2D eigenvalue weighted by Crippen LogP contribution is -2.44. The summed E-state index contributed by atoms with van der Waals surface area (Å²) in [5.41, 5.74) is 1.60. The van der Waals surface area contributed by atoms with Crippen LogP contribution in [-0.2, 0) is 6.54 Å². The van der Waals surface area contributed by atoms with Crippen LogP contribution >= 0.6 is 0 Å². The number of aromatic carboxylic acids is 1. The SMILES string of the molecule is O=C(O)c1ccc(CN2C[C@@H]3CC[C@H](C2)N(CC2CC2)C3)cc1. The van der Waals surface area contributed by atoms with Crippen LogP contribution in [0.5, 0.6) is 0 Å². The van der Waals surface area contributed by atoms with Gasteiger partial charge in [-0.05, 0) is 55.2 Å². The van der Waals surface area contributed by atoms with Gasteiger partial charge in [0.2, 0.25) is 0 Å². The predicted octanol–water partition coefficient (Wildman–Crippen LogP) is 2.69. The normalized spacial score (nSPS) is 28.7. The molecule has 1 aromatic carbocycles. The topological polar surface area (TPSA) is 43.8 Å². The van der Waals surface area contributed by atoms with Crippen LogP contribution in [0.25, 0.3) is 0 Å². The molecule has 4 heteroatoms. The smallest absolute Gasteiger partial charge is 0.335 e. The summed E-state index contributed by atoms with van der Waals surface area (Å²) in [5, 5.41) is 9.00. The van der Waals surface area contributed by atoms with Gasteiger partial charge < -0.3 is 5.11 Å². The van der Waals surface area contributed by atoms with Gasteiger partial charge in [0.25, 0.3) is 0 Å². The first kappa shape index (κ1) is 15.2. The Hall–Kier alpha value is -1.39. The van der Waals surface area contributed by atoms with Crippen molar-refractivity contribution in [1.82, 2.24) is 9.80 Å². The molecule has 1 aliphatic carbocycles. The molecular formula is C19H26N2O2. The Kier molecular flexibility index (Phi) is 4.12. The van der Waals surface area contributed by atoms with Crippen LogP contribution in [0.1, 0.15) is 41.6 Å². The number of carbonyl (C=O) groups is 1. The van der Waals surface area contributed by atoms with Crippen molar-refractivity contribution in [3.63, 3.8) is 0 Å². The first-order valence-corrected chi connectivity index (χ1v) is 8.96. The molecule has 1 N–H and O–H groups in total. The summed E-state index contributed by atoms with van der Waals surface area (Å²) >= 11 is 0. The maximum Gasteiger partial charge on any atom is 0.335 e. The van der Waals surface area contributed by atoms with E-state index in [9.17, 15) is 4.79 Å². The maximum absolute atomic E-state index is 11.0. The first-order valence-electron chi connectivity index (χ1n) is 8.96. The highest BCUT2D eigenvalue weighted by molar-refractivity contribution is 5.87. The largest absolute Gasteiger partial charge is 0.478 e. The van der Waals surface area contributed by atoms with Gasteiger partial charge in [-0.25, -0.2) is 4.79 Å². The van der Waals surface area contributed by atoms with E-state index in [0.29, 0.717) is 5.56 Å². The Labute approximate surface area is 138 Å². The molecule has 5 rings (SSSR count). The molecule has 2 atom stereocenters. The molecule has 0 aromatic heterocycles. The summed E-state index contributed by atoms with van der Waals surface area (Å²) in [6, 6.07) is 8.12. The summed E-state index contributed by atoms with van der Waals surface area (Å²) in [6.45, 7) is 5.92. The van der Waals surface area contributed by atoms with Crippen LogP contribution in [-0.4, -0.2) is 53.1 Å². The van der Waals surface area contributed by atoms with Crippen molar-refractivity contribution < 1.29 is 9.90 Å². The fraction of sp³-hybridized carbons (Fsp3) is 0.632. The lowest BCUT2D eigenvalue weighted by Gasteiger charge is -2.36. The molecule has 0 unspecified atom stereocenters. The molecular weight excluding hydrogens is 288 g/mol. The van der Waals surface area contributed by atoms with Crippen molar-refractivity contribution in [2.75, 3.05) is 26.2 Å². The Morgan fingerprint density at radius 2 is 1.83 bits per heavy atom. The second-order valence-electron chi connectivity index (χ2n) is 7.69. The van der Waals surface area contributed by atoms with Crippen molar-refractivity contribution in [2.45, 2.75) is 38.3 Å². The number of nitrogens with zero attached hydrogens (tertiary/aromatic N) is 2. The van der Waals surface area contributed by atoms with E-state index in [2.05, 4.69) is 9.80 Å². The summed E-state index contributed by atoms with van der Waals surface area (Å²) in [4.78, 5) is 16.3. The first-order chi connectivity index (χ1) is 11.2. The van der Waals surface area contributed by atoms with E-state index < -0.39 is 5.97 Å². The van der Waals surface area contributed by atoms with E-state index in [1.807, 2.05) is 12.1 Å². The third-order valence-corrected chi connectivity index (χ3v) is 5.70. The molecule has 23 heavy (non-hydrogen) atoms. The minimum absolute atomic E-state index is 0.375. The molecule has 0 amide bonds. The van der Waals surface area contributed by atoms with Crippen LogP contribution in [0.2, 0.25) is 0 Å². The van der Waals surface area contributed by atoms with Gasteiger partial charge in [0.15, 0.2) is 0 Å². The Morgan fingerprint density at radius 1 is 1.04 bits per heavy atom. The quantitative estimate of drug-likeness (QED) is 0.907. The number of hydrogen-bond acceptors (Lipinski definition) is 3. The average molecular weight is 314 g/mol. The number of benzene rings is 1. The average Bonchev–Trinajstić information content (AvgIpc) is 3.36. The number of carboxylic acids is 1. The van der Waals surface area contributed by atoms with Gasteiger partial charge in [-0.3, -0.25) is 9.80 Å². The second-order valence-corrected chi connectivity index (χ2v) is 7.69. The Bertz CT molecular complexity index is 567. The van der Waals surface area contributed by atoms with Crippen molar-refractivity contribution >= 4 is 5.97 Å². The summed E-state index contributed by atoms with van der Waals surface area (Å²) in [7, 11) is 0. The molecule has 2 bridgehead atoms. The van der Waals surface area contributed by atoms with Crippen molar-refractivity contribution in [3.8, 4) is 0 Å². The monoisotopic (exact) mass is 314 g/mol. The molecule has 4 aliphatic rings. The fourth-order valence-corrected chi connectivity index (χ4v) is 4.27. The van der Waals surface area contributed by atoms with Crippen molar-refractivity contribution in [2.24, 2.45) is 11.8 Å². The highest BCUT2D eigenvalue weighted by Gasteiger charge is 2.37. The van der Waals surface area contributed by atoms with Gasteiger partial charge in [-0.2, -0.15) is 0 Å². The highest BCUT2D eigenvalue weighted by Crippen LogP contribution is 2.35. The van der Waals surface area contributed by atoms with E-state index in [-0.39, 0.29) is 0 Å². The lowest BCUT2D eigenvalue weighted by atomic mass is 9.95. The predicted molar refractivity (Wildman–Crippen MR) is 89.5 cm³/mol. The number of carboxylic acid groups (broad SMARTS) is 1. The molecule has 0 radical (unpaired) electrons. The summed E-state index contributed by atoms with van der Waals surface area (Å²) in [5.74, 6) is 0.942. The third kappa shape index (κ3) is 3.59. The van der Waals surface area contributed by atoms with E-state index in [0.717, 1.165) is 24.4 Å². The zero-order valence-corrected chi connectivity index (χ0v) is 13.7. The van der Waals surface area contributed by atoms with Crippen LogP contribution in [0.3, 0.4) is 0 Å². The molecule has 3 heterocycles. The van der Waals surface area contributed by atoms with Crippen molar-refractivity contribution in [1.29, 1.82) is 0 Å². The molecule has 0 spiro atoms. The molecule has 3 aliphatic heterocycles. The molecule has 1 aromatic rings. The van der Waals surface area contributed by atoms with Gasteiger partial charge in [-0.1, -0.05) is 12.1 Å². The zero-order chi connectivity index (χ0) is 15.8. The van der Waals surface area contributed by atoms with Crippen LogP contribution < -0.4 is 0 Å². The zero-order valence-electron chi connectivity index (χ0n) is 13.7. The summed E-state index contributed by atoms with van der Waals surface area (Å²) < 4.78 is 0. The van der Waals surface area contributed by atoms with Crippen LogP contribution in [0, 0.1) is 11.8 Å². The van der Waals surface area contributed by atoms with Gasteiger partial charge in [-0.15, -0.1) is 0 Å². The molecule has 4 fully saturated rings. The van der Waals surface area contributed by atoms with E-state index >= 15 is 0 Å². The Morgan fingerprint density at radius 3 is 2.52 bits per heavy atom. The number of rotatable bonds is 5. The van der Waals surface area contributed by atoms with Gasteiger partial charge in [0, 0.05) is 38.8 Å². The lowest BCUT2D eigenvalue weighted by molar-refractivity contribution is 0.0697. The minimum atomic E-state index is -0.847. The standard InChI is InChI=1S/C19H26N2O2/c22-19(23)17-6-3-14(4-7-17)9-20-10-16-5-8-18(13-20)21(12-16)11-15-1-2-15/h3-4,6-7,15-16,18H,1-2,5,8-13H2,(H,22,23)/t16-,18+/m0/s1. The fourth-order valence-electron chi connectivity index (χ4n) is 4.27. The molecule has 4 nitrogen and oxygen atoms in total. The molecule has 1 saturated carbocycles. The van der Waals surface area contributed by atoms with E-state index in [4.69, 9.17) is 5.11 Å². The highest BCUT2D eigenvalue weighted by atomic mass is 16.4. The van der Waals surface area contributed by atoms with Gasteiger partial charge in [0.05, 0.1) is 5.56 Å². The number of hydrogen-bond donors (Lipinski definition) is 1. The van der Waals surface area contributed by atoms with Crippen LogP contribution in [0.4, 0.5) is 0 Å². The molecule has 124 valence electrons. The Balaban J connectivity index is 1.40. The van der Waals surface area contributed by atoms with E-state index in [1.54, 1.807) is 12.1 Å². The van der Waals surface area contributed by atoms with Gasteiger partial charge >= 0.3 is 5.97 Å². The number of fused-ring (bicyclic) bond motifs is 4.